The molecule has 1 aromatic heterocycles. The molecule has 0 amide bonds. The fourth-order valence-electron chi connectivity index (χ4n) is 2.00. The summed E-state index contributed by atoms with van der Waals surface area (Å²) in [5.74, 6) is -0.203. The molecule has 0 unspecified atom stereocenters. The minimum atomic E-state index is -0.498. The molecule has 0 N–H and O–H groups in total. The van der Waals surface area contributed by atoms with E-state index in [9.17, 15) is 4.39 Å². The number of pyridine rings is 1. The highest BCUT2D eigenvalue weighted by Crippen LogP contribution is 2.23. The Morgan fingerprint density at radius 2 is 1.93 bits per heavy atom. The lowest BCUT2D eigenvalue weighted by Gasteiger charge is -2.16. The molecule has 1 aromatic rings. The summed E-state index contributed by atoms with van der Waals surface area (Å²) in [4.78, 5) is 3.58. The average molecular weight is 209 g/mol. The Morgan fingerprint density at radius 1 is 1.20 bits per heavy atom. The van der Waals surface area contributed by atoms with Crippen molar-refractivity contribution in [3.63, 3.8) is 0 Å². The number of hydrogen-bond donors (Lipinski definition) is 0. The van der Waals surface area contributed by atoms with Crippen LogP contribution in [-0.2, 0) is 0 Å². The van der Waals surface area contributed by atoms with Gasteiger partial charge in [0.1, 0.15) is 0 Å². The molecule has 1 saturated carbocycles. The van der Waals surface area contributed by atoms with Gasteiger partial charge in [-0.15, -0.1) is 0 Å². The smallest absolute Gasteiger partial charge is 0.255 e. The molecule has 3 heteroatoms. The van der Waals surface area contributed by atoms with E-state index in [0.717, 1.165) is 12.8 Å². The van der Waals surface area contributed by atoms with Gasteiger partial charge in [0, 0.05) is 6.20 Å². The second-order valence-corrected chi connectivity index (χ2v) is 4.02. The number of hydrogen-bond acceptors (Lipinski definition) is 2. The average Bonchev–Trinajstić information content (AvgIpc) is 2.50. The van der Waals surface area contributed by atoms with Crippen molar-refractivity contribution in [2.45, 2.75) is 44.6 Å². The van der Waals surface area contributed by atoms with Crippen molar-refractivity contribution in [1.29, 1.82) is 0 Å². The number of nitrogens with zero attached hydrogens (tertiary/aromatic N) is 1. The van der Waals surface area contributed by atoms with E-state index in [1.54, 1.807) is 12.1 Å². The monoisotopic (exact) mass is 209 g/mol. The first kappa shape index (κ1) is 10.4. The molecule has 1 fully saturated rings. The second-order valence-electron chi connectivity index (χ2n) is 4.02. The topological polar surface area (TPSA) is 22.1 Å². The van der Waals surface area contributed by atoms with Crippen molar-refractivity contribution in [2.24, 2.45) is 0 Å². The normalized spacial score (nSPS) is 18.5. The van der Waals surface area contributed by atoms with Crippen molar-refractivity contribution in [3.05, 3.63) is 24.3 Å². The molecule has 15 heavy (non-hydrogen) atoms. The third-order valence-corrected chi connectivity index (χ3v) is 2.82. The molecule has 0 radical (unpaired) electrons. The minimum Gasteiger partial charge on any atom is -0.486 e. The van der Waals surface area contributed by atoms with E-state index in [1.165, 1.54) is 31.9 Å². The summed E-state index contributed by atoms with van der Waals surface area (Å²) in [6.45, 7) is 0. The van der Waals surface area contributed by atoms with Gasteiger partial charge >= 0.3 is 0 Å². The van der Waals surface area contributed by atoms with Crippen LogP contribution in [0.1, 0.15) is 38.5 Å². The van der Waals surface area contributed by atoms with E-state index in [2.05, 4.69) is 4.98 Å². The Balaban J connectivity index is 1.98. The second kappa shape index (κ2) is 5.10. The Morgan fingerprint density at radius 3 is 2.60 bits per heavy atom. The van der Waals surface area contributed by atoms with Gasteiger partial charge in [-0.25, -0.2) is 4.98 Å². The number of halogens is 1. The van der Waals surface area contributed by atoms with Gasteiger partial charge in [0.25, 0.3) is 5.95 Å². The molecular formula is C12H16FNO. The van der Waals surface area contributed by atoms with Crippen LogP contribution in [0.2, 0.25) is 0 Å². The summed E-state index contributed by atoms with van der Waals surface area (Å²) >= 11 is 0. The fourth-order valence-corrected chi connectivity index (χ4v) is 2.00. The van der Waals surface area contributed by atoms with Crippen molar-refractivity contribution < 1.29 is 9.13 Å². The zero-order valence-corrected chi connectivity index (χ0v) is 8.79. The zero-order chi connectivity index (χ0) is 10.5. The maximum absolute atomic E-state index is 13.2. The predicted octanol–water partition coefficient (Wildman–Crippen LogP) is 3.32. The first-order valence-corrected chi connectivity index (χ1v) is 5.63. The molecule has 1 aliphatic carbocycles. The summed E-state index contributed by atoms with van der Waals surface area (Å²) in [6, 6.07) is 3.35. The van der Waals surface area contributed by atoms with Crippen molar-refractivity contribution in [1.82, 2.24) is 4.98 Å². The molecular weight excluding hydrogens is 193 g/mol. The largest absolute Gasteiger partial charge is 0.486 e. The van der Waals surface area contributed by atoms with E-state index in [0.29, 0.717) is 5.75 Å². The van der Waals surface area contributed by atoms with Gasteiger partial charge in [0.15, 0.2) is 5.75 Å². The summed E-state index contributed by atoms with van der Waals surface area (Å²) < 4.78 is 18.8. The van der Waals surface area contributed by atoms with Crippen LogP contribution in [0.15, 0.2) is 18.3 Å². The Labute approximate surface area is 89.5 Å². The fraction of sp³-hybridized carbons (Fsp3) is 0.583. The first-order chi connectivity index (χ1) is 7.36. The van der Waals surface area contributed by atoms with Crippen LogP contribution in [0, 0.1) is 5.95 Å². The highest BCUT2D eigenvalue weighted by molar-refractivity contribution is 5.18. The van der Waals surface area contributed by atoms with E-state index >= 15 is 0 Å². The quantitative estimate of drug-likeness (QED) is 0.550. The lowest BCUT2D eigenvalue weighted by molar-refractivity contribution is 0.174. The summed E-state index contributed by atoms with van der Waals surface area (Å²) in [5.41, 5.74) is 0. The predicted molar refractivity (Wildman–Crippen MR) is 56.3 cm³/mol. The standard InChI is InChI=1S/C12H16FNO/c13-12-11(8-5-9-14-12)15-10-6-3-1-2-4-7-10/h5,8-10H,1-4,6-7H2. The van der Waals surface area contributed by atoms with E-state index in [4.69, 9.17) is 4.74 Å². The summed E-state index contributed by atoms with van der Waals surface area (Å²) in [5, 5.41) is 0. The lowest BCUT2D eigenvalue weighted by atomic mass is 10.1. The van der Waals surface area contributed by atoms with Crippen LogP contribution in [0.5, 0.6) is 5.75 Å². The van der Waals surface area contributed by atoms with Crippen molar-refractivity contribution in [3.8, 4) is 5.75 Å². The number of ether oxygens (including phenoxy) is 1. The SMILES string of the molecule is Fc1ncccc1OC1CCCCCC1. The highest BCUT2D eigenvalue weighted by atomic mass is 19.1. The number of rotatable bonds is 2. The van der Waals surface area contributed by atoms with E-state index in [1.807, 2.05) is 0 Å². The van der Waals surface area contributed by atoms with Gasteiger partial charge in [0.2, 0.25) is 0 Å². The molecule has 82 valence electrons. The molecule has 0 aromatic carbocycles. The van der Waals surface area contributed by atoms with E-state index < -0.39 is 5.95 Å². The van der Waals surface area contributed by atoms with Crippen LogP contribution >= 0.6 is 0 Å². The van der Waals surface area contributed by atoms with Crippen LogP contribution in [0.25, 0.3) is 0 Å². The molecule has 2 nitrogen and oxygen atoms in total. The van der Waals surface area contributed by atoms with E-state index in [-0.39, 0.29) is 6.10 Å². The van der Waals surface area contributed by atoms with Crippen molar-refractivity contribution in [2.75, 3.05) is 0 Å². The van der Waals surface area contributed by atoms with Gasteiger partial charge in [0.05, 0.1) is 6.10 Å². The van der Waals surface area contributed by atoms with Gasteiger partial charge in [-0.3, -0.25) is 0 Å². The molecule has 1 aliphatic rings. The van der Waals surface area contributed by atoms with Gasteiger partial charge in [-0.05, 0) is 37.8 Å². The van der Waals surface area contributed by atoms with Gasteiger partial charge in [-0.2, -0.15) is 4.39 Å². The molecule has 0 saturated heterocycles. The summed E-state index contributed by atoms with van der Waals surface area (Å²) in [7, 11) is 0. The third kappa shape index (κ3) is 2.91. The number of aromatic nitrogens is 1. The maximum Gasteiger partial charge on any atom is 0.255 e. The van der Waals surface area contributed by atoms with Gasteiger partial charge < -0.3 is 4.74 Å². The minimum absolute atomic E-state index is 0.172. The Bertz CT molecular complexity index is 308. The lowest BCUT2D eigenvalue weighted by Crippen LogP contribution is -2.16. The molecule has 0 bridgehead atoms. The first-order valence-electron chi connectivity index (χ1n) is 5.63. The maximum atomic E-state index is 13.2. The van der Waals surface area contributed by atoms with Crippen molar-refractivity contribution >= 4 is 0 Å². The third-order valence-electron chi connectivity index (χ3n) is 2.82. The van der Waals surface area contributed by atoms with Crippen LogP contribution in [0.4, 0.5) is 4.39 Å². The Hall–Kier alpha value is -1.12. The van der Waals surface area contributed by atoms with Crippen LogP contribution < -0.4 is 4.74 Å². The molecule has 0 atom stereocenters. The van der Waals surface area contributed by atoms with Gasteiger partial charge in [-0.1, -0.05) is 12.8 Å². The zero-order valence-electron chi connectivity index (χ0n) is 8.79. The molecule has 0 spiro atoms. The molecule has 0 aliphatic heterocycles. The van der Waals surface area contributed by atoms with Crippen LogP contribution in [0.3, 0.4) is 0 Å². The molecule has 1 heterocycles. The highest BCUT2D eigenvalue weighted by Gasteiger charge is 2.15. The Kier molecular flexibility index (Phi) is 3.54. The van der Waals surface area contributed by atoms with Crippen LogP contribution in [-0.4, -0.2) is 11.1 Å². The summed E-state index contributed by atoms with van der Waals surface area (Å²) in [6.07, 6.45) is 8.60. The molecule has 2 rings (SSSR count).